The zero-order chi connectivity index (χ0) is 22.5. The quantitative estimate of drug-likeness (QED) is 0.466. The molecule has 160 valence electrons. The molecule has 0 saturated carbocycles. The van der Waals surface area contributed by atoms with Gasteiger partial charge >= 0.3 is 0 Å². The number of allylic oxidation sites excluding steroid dienone is 5. The first kappa shape index (κ1) is 21.9. The van der Waals surface area contributed by atoms with Gasteiger partial charge in [0, 0.05) is 25.2 Å². The Morgan fingerprint density at radius 3 is 2.55 bits per heavy atom. The minimum absolute atomic E-state index is 0.000298. The van der Waals surface area contributed by atoms with Crippen LogP contribution in [-0.4, -0.2) is 34.6 Å². The summed E-state index contributed by atoms with van der Waals surface area (Å²) in [6, 6.07) is 1.51. The summed E-state index contributed by atoms with van der Waals surface area (Å²) >= 11 is 0. The second-order valence-electron chi connectivity index (χ2n) is 7.39. The van der Waals surface area contributed by atoms with Crippen molar-refractivity contribution < 1.29 is 5.11 Å². The van der Waals surface area contributed by atoms with Crippen molar-refractivity contribution in [2.75, 3.05) is 0 Å². The van der Waals surface area contributed by atoms with Gasteiger partial charge in [-0.25, -0.2) is 14.6 Å². The molecular formula is C23H26N6O2. The van der Waals surface area contributed by atoms with Crippen molar-refractivity contribution in [2.24, 2.45) is 7.05 Å². The molecule has 3 aromatic rings. The zero-order valence-electron chi connectivity index (χ0n) is 18.1. The summed E-state index contributed by atoms with van der Waals surface area (Å²) in [6.07, 6.45) is 13.7. The van der Waals surface area contributed by atoms with Gasteiger partial charge in [0.25, 0.3) is 0 Å². The highest BCUT2D eigenvalue weighted by atomic mass is 16.3. The average molecular weight is 419 g/mol. The van der Waals surface area contributed by atoms with Gasteiger partial charge in [0.15, 0.2) is 5.75 Å². The molecule has 3 aromatic heterocycles. The normalized spacial score (nSPS) is 14.0. The Hall–Kier alpha value is -3.81. The molecule has 0 aromatic carbocycles. The van der Waals surface area contributed by atoms with Crippen LogP contribution < -0.4 is 5.43 Å². The Morgan fingerprint density at radius 2 is 1.97 bits per heavy atom. The highest BCUT2D eigenvalue weighted by Gasteiger charge is 2.20. The van der Waals surface area contributed by atoms with Crippen LogP contribution in [0.5, 0.6) is 5.75 Å². The van der Waals surface area contributed by atoms with Gasteiger partial charge in [0.05, 0.1) is 30.7 Å². The molecule has 8 nitrogen and oxygen atoms in total. The van der Waals surface area contributed by atoms with E-state index in [1.165, 1.54) is 18.5 Å². The monoisotopic (exact) mass is 418 g/mol. The van der Waals surface area contributed by atoms with Crippen LogP contribution in [0.3, 0.4) is 0 Å². The van der Waals surface area contributed by atoms with Crippen LogP contribution >= 0.6 is 0 Å². The van der Waals surface area contributed by atoms with E-state index in [1.807, 2.05) is 52.2 Å². The smallest absolute Gasteiger partial charge is 0.203 e. The van der Waals surface area contributed by atoms with Crippen LogP contribution in [0, 0.1) is 0 Å². The molecule has 0 aliphatic rings. The number of aromatic nitrogens is 6. The molecule has 2 unspecified atom stereocenters. The molecule has 8 heteroatoms. The van der Waals surface area contributed by atoms with Crippen LogP contribution in [0.2, 0.25) is 0 Å². The Balaban J connectivity index is 2.05. The summed E-state index contributed by atoms with van der Waals surface area (Å²) in [5, 5.41) is 18.3. The molecule has 0 fully saturated rings. The molecular weight excluding hydrogens is 392 g/mol. The van der Waals surface area contributed by atoms with Crippen molar-refractivity contribution in [3.63, 3.8) is 0 Å². The van der Waals surface area contributed by atoms with E-state index in [0.717, 1.165) is 16.8 Å². The number of aryl methyl sites for hydroxylation is 1. The minimum atomic E-state index is -0.285. The standard InChI is InChI=1S/C23H26N6O2/c1-6-7-17(10-20(15(2)3)23-24-12-19(30)13-25-23)16(4)22-21(31)8-9-29(27-22)18-11-26-28(5)14-18/h6-14,16,20,30H,2H2,1,3-5H3. The van der Waals surface area contributed by atoms with Crippen LogP contribution in [0.15, 0.2) is 77.8 Å². The molecule has 31 heavy (non-hydrogen) atoms. The predicted molar refractivity (Wildman–Crippen MR) is 119 cm³/mol. The Morgan fingerprint density at radius 1 is 1.26 bits per heavy atom. The molecule has 0 spiro atoms. The van der Waals surface area contributed by atoms with E-state index < -0.39 is 0 Å². The van der Waals surface area contributed by atoms with Gasteiger partial charge in [-0.1, -0.05) is 37.3 Å². The number of aromatic hydroxyl groups is 1. The van der Waals surface area contributed by atoms with Gasteiger partial charge in [-0.2, -0.15) is 10.2 Å². The minimum Gasteiger partial charge on any atom is -0.505 e. The summed E-state index contributed by atoms with van der Waals surface area (Å²) in [4.78, 5) is 21.1. The van der Waals surface area contributed by atoms with Crippen molar-refractivity contribution >= 4 is 0 Å². The number of rotatable bonds is 7. The van der Waals surface area contributed by atoms with Crippen molar-refractivity contribution in [1.29, 1.82) is 0 Å². The molecule has 3 heterocycles. The third-order valence-electron chi connectivity index (χ3n) is 4.89. The Labute approximate surface area is 180 Å². The lowest BCUT2D eigenvalue weighted by Gasteiger charge is -2.18. The van der Waals surface area contributed by atoms with Crippen molar-refractivity contribution in [3.8, 4) is 11.4 Å². The van der Waals surface area contributed by atoms with E-state index in [-0.39, 0.29) is 23.0 Å². The van der Waals surface area contributed by atoms with E-state index in [4.69, 9.17) is 0 Å². The first-order valence-electron chi connectivity index (χ1n) is 9.89. The van der Waals surface area contributed by atoms with Crippen LogP contribution in [0.4, 0.5) is 0 Å². The van der Waals surface area contributed by atoms with E-state index >= 15 is 0 Å². The lowest BCUT2D eigenvalue weighted by molar-refractivity contribution is 0.468. The highest BCUT2D eigenvalue weighted by Crippen LogP contribution is 2.29. The fourth-order valence-corrected chi connectivity index (χ4v) is 3.21. The van der Waals surface area contributed by atoms with Crippen molar-refractivity contribution in [3.05, 3.63) is 94.7 Å². The van der Waals surface area contributed by atoms with Crippen LogP contribution in [0.25, 0.3) is 5.69 Å². The highest BCUT2D eigenvalue weighted by molar-refractivity contribution is 5.36. The molecule has 3 rings (SSSR count). The summed E-state index contributed by atoms with van der Waals surface area (Å²) < 4.78 is 3.32. The number of hydrogen-bond donors (Lipinski definition) is 1. The molecule has 0 radical (unpaired) electrons. The molecule has 0 amide bonds. The van der Waals surface area contributed by atoms with Gasteiger partial charge in [0.2, 0.25) is 5.43 Å². The summed E-state index contributed by atoms with van der Waals surface area (Å²) in [5.74, 6) is -0.0433. The van der Waals surface area contributed by atoms with E-state index in [9.17, 15) is 9.90 Å². The maximum atomic E-state index is 12.7. The fraction of sp³-hybridized carbons (Fsp3) is 0.261. The summed E-state index contributed by atoms with van der Waals surface area (Å²) in [7, 11) is 1.83. The summed E-state index contributed by atoms with van der Waals surface area (Å²) in [6.45, 7) is 9.82. The predicted octanol–water partition coefficient (Wildman–Crippen LogP) is 3.43. The molecule has 0 aliphatic carbocycles. The maximum absolute atomic E-state index is 12.7. The van der Waals surface area contributed by atoms with Gasteiger partial charge < -0.3 is 5.11 Å². The third kappa shape index (κ3) is 5.03. The first-order valence-corrected chi connectivity index (χ1v) is 9.89. The van der Waals surface area contributed by atoms with Crippen molar-refractivity contribution in [1.82, 2.24) is 29.5 Å². The summed E-state index contributed by atoms with van der Waals surface area (Å²) in [5.41, 5.74) is 2.78. The largest absolute Gasteiger partial charge is 0.505 e. The van der Waals surface area contributed by atoms with Crippen LogP contribution in [-0.2, 0) is 7.05 Å². The average Bonchev–Trinajstić information content (AvgIpc) is 3.18. The SMILES string of the molecule is C=C(C)C(C=C(C=CC)C(C)c1nn(-c2cnn(C)c2)ccc1=O)c1ncc(O)cn1. The lowest BCUT2D eigenvalue weighted by Crippen LogP contribution is -2.19. The molecule has 0 saturated heterocycles. The van der Waals surface area contributed by atoms with E-state index in [1.54, 1.807) is 21.8 Å². The van der Waals surface area contributed by atoms with Crippen molar-refractivity contribution in [2.45, 2.75) is 32.6 Å². The molecule has 1 N–H and O–H groups in total. The van der Waals surface area contributed by atoms with Gasteiger partial charge in [-0.15, -0.1) is 0 Å². The molecule has 0 aliphatic heterocycles. The van der Waals surface area contributed by atoms with Gasteiger partial charge in [-0.05, 0) is 19.4 Å². The Kier molecular flexibility index (Phi) is 6.59. The second kappa shape index (κ2) is 9.34. The first-order chi connectivity index (χ1) is 14.8. The molecule has 2 atom stereocenters. The zero-order valence-corrected chi connectivity index (χ0v) is 18.1. The van der Waals surface area contributed by atoms with Gasteiger partial charge in [0.1, 0.15) is 17.2 Å². The third-order valence-corrected chi connectivity index (χ3v) is 4.89. The Bertz CT molecular complexity index is 1190. The lowest BCUT2D eigenvalue weighted by atomic mass is 9.90. The topological polar surface area (TPSA) is 98.7 Å². The van der Waals surface area contributed by atoms with E-state index in [0.29, 0.717) is 11.5 Å². The second-order valence-corrected chi connectivity index (χ2v) is 7.39. The molecule has 0 bridgehead atoms. The van der Waals surface area contributed by atoms with Crippen LogP contribution in [0.1, 0.15) is 44.1 Å². The maximum Gasteiger partial charge on any atom is 0.203 e. The number of nitrogens with zero attached hydrogens (tertiary/aromatic N) is 6. The number of hydrogen-bond acceptors (Lipinski definition) is 6. The fourth-order valence-electron chi connectivity index (χ4n) is 3.21. The van der Waals surface area contributed by atoms with E-state index in [2.05, 4.69) is 26.7 Å². The van der Waals surface area contributed by atoms with Gasteiger partial charge in [-0.3, -0.25) is 9.48 Å².